The molecule has 1 saturated carbocycles. The Balaban J connectivity index is 2.13. The largest absolute Gasteiger partial charge is 0.496 e. The highest BCUT2D eigenvalue weighted by atomic mass is 16.5. The molecule has 2 heteroatoms. The zero-order valence-corrected chi connectivity index (χ0v) is 9.55. The molecule has 82 valence electrons. The van der Waals surface area contributed by atoms with Crippen molar-refractivity contribution in [2.45, 2.75) is 26.2 Å². The van der Waals surface area contributed by atoms with Gasteiger partial charge in [-0.25, -0.2) is 0 Å². The topological polar surface area (TPSA) is 35.2 Å². The van der Waals surface area contributed by atoms with Gasteiger partial charge in [0.15, 0.2) is 0 Å². The number of hydrogen-bond donors (Lipinski definition) is 1. The normalized spacial score (nSPS) is 17.5. The van der Waals surface area contributed by atoms with Crippen molar-refractivity contribution in [1.29, 1.82) is 0 Å². The van der Waals surface area contributed by atoms with Gasteiger partial charge in [0.05, 0.1) is 7.11 Å². The van der Waals surface area contributed by atoms with Crippen molar-refractivity contribution >= 4 is 0 Å². The van der Waals surface area contributed by atoms with E-state index in [4.69, 9.17) is 10.5 Å². The van der Waals surface area contributed by atoms with E-state index < -0.39 is 0 Å². The van der Waals surface area contributed by atoms with Crippen LogP contribution in [-0.2, 0) is 6.42 Å². The molecular formula is C13H19NO. The molecule has 1 aromatic rings. The van der Waals surface area contributed by atoms with Crippen LogP contribution in [0.4, 0.5) is 0 Å². The average molecular weight is 205 g/mol. The highest BCUT2D eigenvalue weighted by Gasteiger charge is 2.40. The van der Waals surface area contributed by atoms with Gasteiger partial charge in [-0.05, 0) is 55.3 Å². The number of nitrogens with two attached hydrogens (primary N) is 1. The van der Waals surface area contributed by atoms with Gasteiger partial charge in [-0.3, -0.25) is 0 Å². The maximum Gasteiger partial charge on any atom is 0.121 e. The third-order valence-corrected chi connectivity index (χ3v) is 3.43. The minimum absolute atomic E-state index is 0.418. The van der Waals surface area contributed by atoms with Gasteiger partial charge < -0.3 is 10.5 Å². The summed E-state index contributed by atoms with van der Waals surface area (Å²) in [5, 5.41) is 0. The lowest BCUT2D eigenvalue weighted by atomic mass is 9.95. The fourth-order valence-electron chi connectivity index (χ4n) is 2.11. The molecule has 15 heavy (non-hydrogen) atoms. The maximum atomic E-state index is 5.79. The minimum atomic E-state index is 0.418. The second-order valence-corrected chi connectivity index (χ2v) is 4.68. The molecule has 0 unspecified atom stereocenters. The van der Waals surface area contributed by atoms with Gasteiger partial charge in [-0.15, -0.1) is 0 Å². The number of hydrogen-bond acceptors (Lipinski definition) is 2. The minimum Gasteiger partial charge on any atom is -0.496 e. The van der Waals surface area contributed by atoms with Crippen LogP contribution >= 0.6 is 0 Å². The Bertz CT molecular complexity index is 356. The second kappa shape index (κ2) is 3.86. The third kappa shape index (κ3) is 2.15. The summed E-state index contributed by atoms with van der Waals surface area (Å²) in [5.74, 6) is 0.969. The number of benzene rings is 1. The molecule has 0 aliphatic heterocycles. The van der Waals surface area contributed by atoms with Gasteiger partial charge in [-0.1, -0.05) is 12.1 Å². The fourth-order valence-corrected chi connectivity index (χ4v) is 2.11. The zero-order chi connectivity index (χ0) is 10.9. The van der Waals surface area contributed by atoms with Crippen LogP contribution < -0.4 is 10.5 Å². The molecule has 2 N–H and O–H groups in total. The van der Waals surface area contributed by atoms with Crippen LogP contribution in [0, 0.1) is 12.3 Å². The van der Waals surface area contributed by atoms with E-state index in [2.05, 4.69) is 25.1 Å². The van der Waals surface area contributed by atoms with E-state index in [1.165, 1.54) is 24.0 Å². The molecule has 0 radical (unpaired) electrons. The standard InChI is InChI=1S/C13H19NO/c1-10-7-11(3-4-12(10)15-2)8-13(9-14)5-6-13/h3-4,7H,5-6,8-9,14H2,1-2H3. The first-order chi connectivity index (χ1) is 7.19. The molecule has 0 heterocycles. The molecule has 0 bridgehead atoms. The Kier molecular flexibility index (Phi) is 2.70. The number of ether oxygens (including phenoxy) is 1. The maximum absolute atomic E-state index is 5.79. The van der Waals surface area contributed by atoms with Crippen LogP contribution in [0.1, 0.15) is 24.0 Å². The van der Waals surface area contributed by atoms with Gasteiger partial charge in [0.2, 0.25) is 0 Å². The van der Waals surface area contributed by atoms with Crippen molar-refractivity contribution in [3.63, 3.8) is 0 Å². The Morgan fingerprint density at radius 1 is 1.40 bits per heavy atom. The highest BCUT2D eigenvalue weighted by molar-refractivity contribution is 5.36. The molecule has 1 aliphatic carbocycles. The smallest absolute Gasteiger partial charge is 0.121 e. The Morgan fingerprint density at radius 2 is 2.13 bits per heavy atom. The predicted octanol–water partition coefficient (Wildman–Crippen LogP) is 2.29. The first-order valence-electron chi connectivity index (χ1n) is 5.53. The number of rotatable bonds is 4. The van der Waals surface area contributed by atoms with E-state index in [1.807, 2.05) is 0 Å². The quantitative estimate of drug-likeness (QED) is 0.818. The Labute approximate surface area is 91.4 Å². The summed E-state index contributed by atoms with van der Waals surface area (Å²) in [4.78, 5) is 0. The summed E-state index contributed by atoms with van der Waals surface area (Å²) in [6.07, 6.45) is 3.69. The fraction of sp³-hybridized carbons (Fsp3) is 0.538. The molecular weight excluding hydrogens is 186 g/mol. The summed E-state index contributed by atoms with van der Waals surface area (Å²) in [7, 11) is 1.71. The van der Waals surface area contributed by atoms with Crippen LogP contribution in [-0.4, -0.2) is 13.7 Å². The van der Waals surface area contributed by atoms with Crippen LogP contribution in [0.2, 0.25) is 0 Å². The second-order valence-electron chi connectivity index (χ2n) is 4.68. The highest BCUT2D eigenvalue weighted by Crippen LogP contribution is 2.47. The van der Waals surface area contributed by atoms with E-state index in [9.17, 15) is 0 Å². The molecule has 1 aromatic carbocycles. The molecule has 0 amide bonds. The zero-order valence-electron chi connectivity index (χ0n) is 9.55. The van der Waals surface area contributed by atoms with Crippen molar-refractivity contribution in [3.05, 3.63) is 29.3 Å². The van der Waals surface area contributed by atoms with E-state index in [0.29, 0.717) is 5.41 Å². The summed E-state index contributed by atoms with van der Waals surface area (Å²) >= 11 is 0. The van der Waals surface area contributed by atoms with Gasteiger partial charge in [0.1, 0.15) is 5.75 Å². The first-order valence-corrected chi connectivity index (χ1v) is 5.53. The lowest BCUT2D eigenvalue weighted by molar-refractivity contribution is 0.411. The Morgan fingerprint density at radius 3 is 2.60 bits per heavy atom. The third-order valence-electron chi connectivity index (χ3n) is 3.43. The van der Waals surface area contributed by atoms with Crippen molar-refractivity contribution < 1.29 is 4.74 Å². The van der Waals surface area contributed by atoms with Crippen molar-refractivity contribution in [2.75, 3.05) is 13.7 Å². The lowest BCUT2D eigenvalue weighted by Gasteiger charge is -2.13. The van der Waals surface area contributed by atoms with Gasteiger partial charge >= 0.3 is 0 Å². The van der Waals surface area contributed by atoms with Gasteiger partial charge in [0, 0.05) is 0 Å². The van der Waals surface area contributed by atoms with E-state index in [-0.39, 0.29) is 0 Å². The molecule has 1 fully saturated rings. The van der Waals surface area contributed by atoms with Crippen LogP contribution in [0.25, 0.3) is 0 Å². The number of methoxy groups -OCH3 is 1. The predicted molar refractivity (Wildman–Crippen MR) is 62.2 cm³/mol. The molecule has 0 saturated heterocycles. The van der Waals surface area contributed by atoms with E-state index in [0.717, 1.165) is 18.7 Å². The van der Waals surface area contributed by atoms with Crippen LogP contribution in [0.3, 0.4) is 0 Å². The SMILES string of the molecule is COc1ccc(CC2(CN)CC2)cc1C. The summed E-state index contributed by atoms with van der Waals surface area (Å²) in [6.45, 7) is 2.91. The van der Waals surface area contributed by atoms with Crippen LogP contribution in [0.5, 0.6) is 5.75 Å². The first kappa shape index (κ1) is 10.5. The molecule has 2 nitrogen and oxygen atoms in total. The van der Waals surface area contributed by atoms with Gasteiger partial charge in [0.25, 0.3) is 0 Å². The van der Waals surface area contributed by atoms with E-state index >= 15 is 0 Å². The molecule has 0 atom stereocenters. The molecule has 2 rings (SSSR count). The van der Waals surface area contributed by atoms with E-state index in [1.54, 1.807) is 7.11 Å². The van der Waals surface area contributed by atoms with Gasteiger partial charge in [-0.2, -0.15) is 0 Å². The Hall–Kier alpha value is -1.02. The monoisotopic (exact) mass is 205 g/mol. The van der Waals surface area contributed by atoms with Crippen molar-refractivity contribution in [2.24, 2.45) is 11.1 Å². The lowest BCUT2D eigenvalue weighted by Crippen LogP contribution is -2.17. The average Bonchev–Trinajstić information content (AvgIpc) is 2.99. The number of aryl methyl sites for hydroxylation is 1. The molecule has 0 spiro atoms. The van der Waals surface area contributed by atoms with Crippen molar-refractivity contribution in [1.82, 2.24) is 0 Å². The summed E-state index contributed by atoms with van der Waals surface area (Å²) < 4.78 is 5.25. The van der Waals surface area contributed by atoms with Crippen LogP contribution in [0.15, 0.2) is 18.2 Å². The summed E-state index contributed by atoms with van der Waals surface area (Å²) in [6, 6.07) is 6.42. The molecule has 1 aliphatic rings. The van der Waals surface area contributed by atoms with Crippen molar-refractivity contribution in [3.8, 4) is 5.75 Å². The molecule has 0 aromatic heterocycles. The summed E-state index contributed by atoms with van der Waals surface area (Å²) in [5.41, 5.74) is 8.80.